The number of aryl methyl sites for hydroxylation is 1. The van der Waals surface area contributed by atoms with Gasteiger partial charge in [0.1, 0.15) is 11.5 Å². The van der Waals surface area contributed by atoms with Crippen LogP contribution in [-0.2, 0) is 27.3 Å². The summed E-state index contributed by atoms with van der Waals surface area (Å²) in [6.45, 7) is 13.5. The molecular weight excluding hydrogens is 442 g/mol. The highest BCUT2D eigenvalue weighted by atomic mass is 16.5. The quantitative estimate of drug-likeness (QED) is 0.487. The van der Waals surface area contributed by atoms with E-state index < -0.39 is 0 Å². The van der Waals surface area contributed by atoms with Crippen LogP contribution in [0.1, 0.15) is 44.3 Å². The predicted octanol–water partition coefficient (Wildman–Crippen LogP) is 3.76. The Bertz CT molecular complexity index is 929. The number of ether oxygens (including phenoxy) is 1. The van der Waals surface area contributed by atoms with E-state index in [-0.39, 0.29) is 23.8 Å². The van der Waals surface area contributed by atoms with E-state index in [1.54, 1.807) is 4.90 Å². The lowest BCUT2D eigenvalue weighted by Gasteiger charge is -2.32. The van der Waals surface area contributed by atoms with Crippen molar-refractivity contribution in [3.05, 3.63) is 59.5 Å². The van der Waals surface area contributed by atoms with Crippen LogP contribution in [0.2, 0.25) is 0 Å². The van der Waals surface area contributed by atoms with Gasteiger partial charge >= 0.3 is 0 Å². The summed E-state index contributed by atoms with van der Waals surface area (Å²) in [6.07, 6.45) is 1.15. The van der Waals surface area contributed by atoms with Gasteiger partial charge in [-0.25, -0.2) is 0 Å². The minimum atomic E-state index is -0.143. The molecule has 0 aliphatic carbocycles. The summed E-state index contributed by atoms with van der Waals surface area (Å²) < 4.78 is 11.2. The van der Waals surface area contributed by atoms with Crippen LogP contribution < -0.4 is 0 Å². The van der Waals surface area contributed by atoms with E-state index >= 15 is 0 Å². The van der Waals surface area contributed by atoms with Gasteiger partial charge in [0, 0.05) is 39.1 Å². The molecule has 7 nitrogen and oxygen atoms in total. The van der Waals surface area contributed by atoms with Crippen LogP contribution in [0.3, 0.4) is 0 Å². The summed E-state index contributed by atoms with van der Waals surface area (Å²) >= 11 is 0. The Hall–Kier alpha value is -2.64. The van der Waals surface area contributed by atoms with Crippen LogP contribution in [0.25, 0.3) is 0 Å². The zero-order valence-corrected chi connectivity index (χ0v) is 21.8. The molecule has 192 valence electrons. The van der Waals surface area contributed by atoms with Gasteiger partial charge in [0.25, 0.3) is 0 Å². The lowest BCUT2D eigenvalue weighted by atomic mass is 9.91. The molecule has 0 unspecified atom stereocenters. The second-order valence-electron chi connectivity index (χ2n) is 10.6. The maximum Gasteiger partial charge on any atom is 0.242 e. The van der Waals surface area contributed by atoms with Crippen molar-refractivity contribution in [1.82, 2.24) is 14.7 Å². The summed E-state index contributed by atoms with van der Waals surface area (Å²) in [5, 5.41) is 0. The molecule has 1 aliphatic rings. The lowest BCUT2D eigenvalue weighted by Crippen LogP contribution is -2.48. The molecule has 1 fully saturated rings. The first kappa shape index (κ1) is 27.0. The first-order chi connectivity index (χ1) is 16.7. The molecule has 0 saturated carbocycles. The smallest absolute Gasteiger partial charge is 0.242 e. The molecule has 0 atom stereocenters. The van der Waals surface area contributed by atoms with Gasteiger partial charge in [-0.2, -0.15) is 0 Å². The number of morpholine rings is 1. The third kappa shape index (κ3) is 9.49. The molecule has 1 aromatic carbocycles. The van der Waals surface area contributed by atoms with Crippen LogP contribution in [-0.4, -0.2) is 79.0 Å². The summed E-state index contributed by atoms with van der Waals surface area (Å²) in [6, 6.07) is 14.0. The summed E-state index contributed by atoms with van der Waals surface area (Å²) in [5.41, 5.74) is 1.03. The number of furan rings is 1. The van der Waals surface area contributed by atoms with Crippen LogP contribution in [0, 0.1) is 12.3 Å². The Labute approximate surface area is 210 Å². The largest absolute Gasteiger partial charge is 0.464 e. The molecule has 0 spiro atoms. The van der Waals surface area contributed by atoms with Gasteiger partial charge in [0.05, 0.1) is 26.3 Å². The number of rotatable bonds is 11. The number of benzene rings is 1. The Morgan fingerprint density at radius 1 is 0.943 bits per heavy atom. The van der Waals surface area contributed by atoms with E-state index in [2.05, 4.69) is 37.8 Å². The molecule has 3 rings (SSSR count). The molecule has 2 amide bonds. The summed E-state index contributed by atoms with van der Waals surface area (Å²) in [5.74, 6) is 1.54. The fourth-order valence-corrected chi connectivity index (χ4v) is 4.17. The van der Waals surface area contributed by atoms with Gasteiger partial charge in [-0.15, -0.1) is 0 Å². The number of hydrogen-bond donors (Lipinski definition) is 0. The Kier molecular flexibility index (Phi) is 9.93. The van der Waals surface area contributed by atoms with Crippen molar-refractivity contribution >= 4 is 11.8 Å². The van der Waals surface area contributed by atoms with E-state index in [1.807, 2.05) is 42.2 Å². The van der Waals surface area contributed by atoms with Gasteiger partial charge in [-0.3, -0.25) is 14.5 Å². The number of carbonyl (C=O) groups is 2. The molecule has 7 heteroatoms. The second kappa shape index (κ2) is 12.9. The van der Waals surface area contributed by atoms with Crippen molar-refractivity contribution in [3.8, 4) is 0 Å². The van der Waals surface area contributed by atoms with E-state index in [0.717, 1.165) is 37.6 Å². The van der Waals surface area contributed by atoms with Crippen molar-refractivity contribution in [2.24, 2.45) is 5.41 Å². The monoisotopic (exact) mass is 483 g/mol. The number of hydrogen-bond acceptors (Lipinski definition) is 5. The normalized spacial score (nSPS) is 14.6. The van der Waals surface area contributed by atoms with E-state index in [4.69, 9.17) is 9.15 Å². The topological polar surface area (TPSA) is 66.2 Å². The minimum Gasteiger partial charge on any atom is -0.464 e. The average Bonchev–Trinajstić information content (AvgIpc) is 3.24. The van der Waals surface area contributed by atoms with Crippen LogP contribution in [0.5, 0.6) is 0 Å². The molecular formula is C28H41N3O4. The Morgan fingerprint density at radius 2 is 1.66 bits per heavy atom. The van der Waals surface area contributed by atoms with Crippen LogP contribution >= 0.6 is 0 Å². The molecule has 1 aromatic heterocycles. The van der Waals surface area contributed by atoms with Crippen molar-refractivity contribution in [2.45, 2.75) is 47.1 Å². The third-order valence-electron chi connectivity index (χ3n) is 6.16. The maximum absolute atomic E-state index is 13.6. The first-order valence-electron chi connectivity index (χ1n) is 12.6. The Morgan fingerprint density at radius 3 is 2.29 bits per heavy atom. The lowest BCUT2D eigenvalue weighted by molar-refractivity contribution is -0.142. The van der Waals surface area contributed by atoms with Gasteiger partial charge in [-0.1, -0.05) is 51.1 Å². The molecule has 0 radical (unpaired) electrons. The molecule has 0 N–H and O–H groups in total. The van der Waals surface area contributed by atoms with Crippen LogP contribution in [0.15, 0.2) is 46.9 Å². The predicted molar refractivity (Wildman–Crippen MR) is 137 cm³/mol. The van der Waals surface area contributed by atoms with Crippen molar-refractivity contribution in [2.75, 3.05) is 52.5 Å². The second-order valence-corrected chi connectivity index (χ2v) is 10.6. The third-order valence-corrected chi connectivity index (χ3v) is 6.16. The molecule has 2 aromatic rings. The highest BCUT2D eigenvalue weighted by Crippen LogP contribution is 2.20. The maximum atomic E-state index is 13.6. The zero-order chi connectivity index (χ0) is 25.3. The van der Waals surface area contributed by atoms with E-state index in [1.165, 1.54) is 5.56 Å². The van der Waals surface area contributed by atoms with E-state index in [9.17, 15) is 9.59 Å². The van der Waals surface area contributed by atoms with Crippen molar-refractivity contribution < 1.29 is 18.7 Å². The number of carbonyl (C=O) groups excluding carboxylic acids is 2. The van der Waals surface area contributed by atoms with E-state index in [0.29, 0.717) is 39.3 Å². The Balaban J connectivity index is 1.70. The summed E-state index contributed by atoms with van der Waals surface area (Å²) in [4.78, 5) is 32.6. The van der Waals surface area contributed by atoms with Crippen molar-refractivity contribution in [1.29, 1.82) is 0 Å². The van der Waals surface area contributed by atoms with Crippen LogP contribution in [0.4, 0.5) is 0 Å². The molecule has 35 heavy (non-hydrogen) atoms. The highest BCUT2D eigenvalue weighted by Gasteiger charge is 2.26. The van der Waals surface area contributed by atoms with Gasteiger partial charge in [0.2, 0.25) is 11.8 Å². The summed E-state index contributed by atoms with van der Waals surface area (Å²) in [7, 11) is 0. The van der Waals surface area contributed by atoms with Gasteiger partial charge in [-0.05, 0) is 36.5 Å². The van der Waals surface area contributed by atoms with Crippen molar-refractivity contribution in [3.63, 3.8) is 0 Å². The standard InChI is InChI=1S/C28H41N3O4/c1-23-10-11-25(35-23)21-30(13-12-24-8-6-5-7-9-24)27(33)22-31(26(32)20-28(2,3)4)15-14-29-16-18-34-19-17-29/h5-11H,12-22H2,1-4H3. The number of amides is 2. The average molecular weight is 484 g/mol. The minimum absolute atomic E-state index is 0.0240. The fraction of sp³-hybridized carbons (Fsp3) is 0.571. The van der Waals surface area contributed by atoms with Gasteiger partial charge in [0.15, 0.2) is 0 Å². The molecule has 0 bridgehead atoms. The molecule has 1 saturated heterocycles. The first-order valence-corrected chi connectivity index (χ1v) is 12.6. The molecule has 1 aliphatic heterocycles. The fourth-order valence-electron chi connectivity index (χ4n) is 4.17. The SMILES string of the molecule is Cc1ccc(CN(CCc2ccccc2)C(=O)CN(CCN2CCOCC2)C(=O)CC(C)(C)C)o1. The van der Waals surface area contributed by atoms with Gasteiger partial charge < -0.3 is 19.0 Å². The highest BCUT2D eigenvalue weighted by molar-refractivity contribution is 5.85. The number of nitrogens with zero attached hydrogens (tertiary/aromatic N) is 3. The molecule has 2 heterocycles. The zero-order valence-electron chi connectivity index (χ0n) is 21.8.